The summed E-state index contributed by atoms with van der Waals surface area (Å²) in [5.41, 5.74) is 1.93. The molecular weight excluding hydrogens is 390 g/mol. The minimum absolute atomic E-state index is 0.100. The molecule has 10 heteroatoms. The Hall–Kier alpha value is -3.32. The molecule has 2 unspecified atom stereocenters. The summed E-state index contributed by atoms with van der Waals surface area (Å²) in [5, 5.41) is 25.2. The number of nitriles is 1. The molecular formula is C20H20F2N8. The predicted molar refractivity (Wildman–Crippen MR) is 107 cm³/mol. The van der Waals surface area contributed by atoms with E-state index in [1.807, 2.05) is 0 Å². The number of nitrogens with zero attached hydrogens (tertiary/aromatic N) is 6. The molecule has 0 bridgehead atoms. The Morgan fingerprint density at radius 1 is 1.30 bits per heavy atom. The fraction of sp³-hybridized carbons (Fsp3) is 0.400. The van der Waals surface area contributed by atoms with Crippen LogP contribution in [-0.2, 0) is 6.54 Å². The van der Waals surface area contributed by atoms with Crippen LogP contribution < -0.4 is 10.6 Å². The molecule has 2 aromatic heterocycles. The highest BCUT2D eigenvalue weighted by Gasteiger charge is 2.60. The van der Waals surface area contributed by atoms with E-state index >= 15 is 8.78 Å². The molecule has 2 atom stereocenters. The van der Waals surface area contributed by atoms with Gasteiger partial charge >= 0.3 is 0 Å². The van der Waals surface area contributed by atoms with E-state index in [9.17, 15) is 5.26 Å². The summed E-state index contributed by atoms with van der Waals surface area (Å²) in [6, 6.07) is 7.29. The SMILES string of the molecule is Cc1cnn(CC2(C3CN(C)CC3(F)F)Nc3cnc4ccc(C#N)cc4c3N2)n1. The van der Waals surface area contributed by atoms with Crippen LogP contribution in [0.2, 0.25) is 0 Å². The molecule has 5 rings (SSSR count). The number of pyridine rings is 1. The van der Waals surface area contributed by atoms with Gasteiger partial charge in [0.2, 0.25) is 0 Å². The maximum absolute atomic E-state index is 15.1. The van der Waals surface area contributed by atoms with Crippen molar-refractivity contribution in [2.24, 2.45) is 5.92 Å². The first-order valence-corrected chi connectivity index (χ1v) is 9.62. The van der Waals surface area contributed by atoms with Crippen molar-refractivity contribution in [1.82, 2.24) is 24.9 Å². The first-order valence-electron chi connectivity index (χ1n) is 9.62. The summed E-state index contributed by atoms with van der Waals surface area (Å²) < 4.78 is 30.2. The lowest BCUT2D eigenvalue weighted by Crippen LogP contribution is -2.58. The van der Waals surface area contributed by atoms with Gasteiger partial charge in [0.25, 0.3) is 5.92 Å². The van der Waals surface area contributed by atoms with Gasteiger partial charge in [-0.25, -0.2) is 8.78 Å². The second-order valence-corrected chi connectivity index (χ2v) is 8.14. The second-order valence-electron chi connectivity index (χ2n) is 8.14. The number of likely N-dealkylation sites (tertiary alicyclic amines) is 1. The first-order chi connectivity index (χ1) is 14.3. The molecule has 0 radical (unpaired) electrons. The first kappa shape index (κ1) is 18.7. The lowest BCUT2D eigenvalue weighted by molar-refractivity contribution is -0.0470. The third kappa shape index (κ3) is 2.85. The molecule has 2 aliphatic rings. The van der Waals surface area contributed by atoms with Crippen LogP contribution in [0.25, 0.3) is 10.9 Å². The zero-order chi connectivity index (χ0) is 21.1. The minimum atomic E-state index is -2.92. The molecule has 154 valence electrons. The number of fused-ring (bicyclic) bond motifs is 3. The van der Waals surface area contributed by atoms with E-state index in [4.69, 9.17) is 0 Å². The third-order valence-electron chi connectivity index (χ3n) is 5.82. The highest BCUT2D eigenvalue weighted by molar-refractivity contribution is 6.00. The van der Waals surface area contributed by atoms with Crippen LogP contribution in [0, 0.1) is 24.2 Å². The summed E-state index contributed by atoms with van der Waals surface area (Å²) in [7, 11) is 1.69. The highest BCUT2D eigenvalue weighted by atomic mass is 19.3. The fourth-order valence-electron chi connectivity index (χ4n) is 4.53. The number of halogens is 2. The van der Waals surface area contributed by atoms with Gasteiger partial charge in [-0.3, -0.25) is 9.88 Å². The monoisotopic (exact) mass is 410 g/mol. The quantitative estimate of drug-likeness (QED) is 0.685. The third-order valence-corrected chi connectivity index (χ3v) is 5.82. The van der Waals surface area contributed by atoms with Crippen molar-refractivity contribution >= 4 is 22.3 Å². The molecule has 0 amide bonds. The molecule has 8 nitrogen and oxygen atoms in total. The highest BCUT2D eigenvalue weighted by Crippen LogP contribution is 2.48. The summed E-state index contributed by atoms with van der Waals surface area (Å²) in [5.74, 6) is -3.96. The van der Waals surface area contributed by atoms with Gasteiger partial charge in [0.1, 0.15) is 12.2 Å². The number of alkyl halides is 2. The number of hydrogen-bond acceptors (Lipinski definition) is 7. The molecule has 2 N–H and O–H groups in total. The molecule has 0 aliphatic carbocycles. The van der Waals surface area contributed by atoms with Crippen LogP contribution >= 0.6 is 0 Å². The molecule has 1 saturated heterocycles. The van der Waals surface area contributed by atoms with Gasteiger partial charge in [-0.05, 0) is 32.2 Å². The van der Waals surface area contributed by atoms with Gasteiger partial charge in [-0.1, -0.05) is 0 Å². The Morgan fingerprint density at radius 2 is 2.13 bits per heavy atom. The van der Waals surface area contributed by atoms with Gasteiger partial charge in [-0.2, -0.15) is 20.3 Å². The number of nitrogens with one attached hydrogen (secondary N) is 2. The van der Waals surface area contributed by atoms with Crippen molar-refractivity contribution in [2.45, 2.75) is 25.1 Å². The maximum atomic E-state index is 15.1. The van der Waals surface area contributed by atoms with Gasteiger partial charge in [0, 0.05) is 11.9 Å². The normalized spacial score (nSPS) is 25.0. The van der Waals surface area contributed by atoms with E-state index < -0.39 is 17.5 Å². The van der Waals surface area contributed by atoms with Crippen molar-refractivity contribution in [3.8, 4) is 6.07 Å². The number of anilines is 2. The lowest BCUT2D eigenvalue weighted by atomic mass is 9.89. The zero-order valence-electron chi connectivity index (χ0n) is 16.5. The van der Waals surface area contributed by atoms with Crippen molar-refractivity contribution in [1.29, 1.82) is 5.26 Å². The van der Waals surface area contributed by atoms with Gasteiger partial charge < -0.3 is 10.6 Å². The number of aromatic nitrogens is 4. The Labute approximate surface area is 171 Å². The van der Waals surface area contributed by atoms with Crippen molar-refractivity contribution in [2.75, 3.05) is 30.8 Å². The van der Waals surface area contributed by atoms with Crippen LogP contribution in [0.3, 0.4) is 0 Å². The van der Waals surface area contributed by atoms with Gasteiger partial charge in [-0.15, -0.1) is 0 Å². The van der Waals surface area contributed by atoms with Crippen molar-refractivity contribution in [3.05, 3.63) is 41.9 Å². The van der Waals surface area contributed by atoms with E-state index in [2.05, 4.69) is 31.9 Å². The Bertz CT molecular complexity index is 1180. The van der Waals surface area contributed by atoms with Crippen molar-refractivity contribution < 1.29 is 8.78 Å². The molecule has 3 aromatic rings. The Kier molecular flexibility index (Phi) is 3.95. The van der Waals surface area contributed by atoms with E-state index in [-0.39, 0.29) is 19.6 Å². The minimum Gasteiger partial charge on any atom is -0.359 e. The van der Waals surface area contributed by atoms with E-state index in [0.717, 1.165) is 0 Å². The largest absolute Gasteiger partial charge is 0.359 e. The van der Waals surface area contributed by atoms with Crippen LogP contribution in [0.1, 0.15) is 11.3 Å². The Balaban J connectivity index is 1.64. The maximum Gasteiger partial charge on any atom is 0.268 e. The summed E-state index contributed by atoms with van der Waals surface area (Å²) >= 11 is 0. The Morgan fingerprint density at radius 3 is 2.80 bits per heavy atom. The van der Waals surface area contributed by atoms with Crippen LogP contribution in [0.15, 0.2) is 30.6 Å². The summed E-state index contributed by atoms with van der Waals surface area (Å²) in [6.45, 7) is 1.79. The van der Waals surface area contributed by atoms with Crippen LogP contribution in [0.5, 0.6) is 0 Å². The molecule has 0 saturated carbocycles. The number of rotatable bonds is 3. The molecule has 1 fully saturated rings. The number of hydrogen-bond donors (Lipinski definition) is 2. The zero-order valence-corrected chi connectivity index (χ0v) is 16.5. The molecule has 4 heterocycles. The van der Waals surface area contributed by atoms with Crippen molar-refractivity contribution in [3.63, 3.8) is 0 Å². The average molecular weight is 410 g/mol. The van der Waals surface area contributed by atoms with E-state index in [1.165, 1.54) is 4.80 Å². The topological polar surface area (TPSA) is 94.7 Å². The summed E-state index contributed by atoms with van der Waals surface area (Å²) in [6.07, 6.45) is 3.24. The van der Waals surface area contributed by atoms with E-state index in [1.54, 1.807) is 49.5 Å². The van der Waals surface area contributed by atoms with E-state index in [0.29, 0.717) is 33.5 Å². The standard InChI is InChI=1S/C20H20F2N8/c1-12-7-25-30(28-12)11-20(17-9-29(2)10-19(17,21)22)26-16-8-24-15-4-3-13(6-23)5-14(15)18(16)27-20/h3-5,7-8,17,26-27H,9-11H2,1-2H3. The molecule has 30 heavy (non-hydrogen) atoms. The van der Waals surface area contributed by atoms with Gasteiger partial charge in [0.15, 0.2) is 0 Å². The van der Waals surface area contributed by atoms with Crippen LogP contribution in [-0.4, -0.2) is 56.6 Å². The van der Waals surface area contributed by atoms with Gasteiger partial charge in [0.05, 0.1) is 59.1 Å². The second kappa shape index (κ2) is 6.34. The smallest absolute Gasteiger partial charge is 0.268 e. The fourth-order valence-corrected chi connectivity index (χ4v) is 4.53. The summed E-state index contributed by atoms with van der Waals surface area (Å²) in [4.78, 5) is 7.50. The molecule has 1 aromatic carbocycles. The molecule has 2 aliphatic heterocycles. The number of benzene rings is 1. The predicted octanol–water partition coefficient (Wildman–Crippen LogP) is 2.44. The molecule has 0 spiro atoms. The van der Waals surface area contributed by atoms with Crippen LogP contribution in [0.4, 0.5) is 20.2 Å². The lowest BCUT2D eigenvalue weighted by Gasteiger charge is -2.38. The number of aryl methyl sites for hydroxylation is 1. The average Bonchev–Trinajstić information content (AvgIpc) is 3.36.